The standard InChI is InChI=1S/C23H28FN3O5S2/c24-19-6-10-21(11-7-19)34(31,32)27-16-4-5-18(17-27)23(28)25-20-8-12-22(13-9-20)33(29,30)26-14-2-1-3-15-26/h6-13,18H,1-5,14-17H2,(H,25,28). The van der Waals surface area contributed by atoms with Gasteiger partial charge in [0.05, 0.1) is 15.7 Å². The van der Waals surface area contributed by atoms with Gasteiger partial charge in [-0.05, 0) is 74.2 Å². The van der Waals surface area contributed by atoms with Crippen LogP contribution >= 0.6 is 0 Å². The van der Waals surface area contributed by atoms with Crippen molar-refractivity contribution < 1.29 is 26.0 Å². The first-order valence-electron chi connectivity index (χ1n) is 11.3. The van der Waals surface area contributed by atoms with Gasteiger partial charge in [0.1, 0.15) is 5.82 Å². The maximum atomic E-state index is 13.2. The Morgan fingerprint density at radius 1 is 0.765 bits per heavy atom. The van der Waals surface area contributed by atoms with E-state index in [1.807, 2.05) is 0 Å². The van der Waals surface area contributed by atoms with E-state index in [2.05, 4.69) is 5.32 Å². The van der Waals surface area contributed by atoms with E-state index in [-0.39, 0.29) is 28.8 Å². The summed E-state index contributed by atoms with van der Waals surface area (Å²) in [6, 6.07) is 10.7. The molecule has 2 aliphatic rings. The fraction of sp³-hybridized carbons (Fsp3) is 0.435. The molecule has 2 aliphatic heterocycles. The third kappa shape index (κ3) is 5.32. The van der Waals surface area contributed by atoms with Gasteiger partial charge in [0.15, 0.2) is 0 Å². The molecule has 0 aromatic heterocycles. The van der Waals surface area contributed by atoms with Crippen molar-refractivity contribution in [3.05, 3.63) is 54.3 Å². The molecule has 0 radical (unpaired) electrons. The first-order valence-corrected chi connectivity index (χ1v) is 14.2. The Hall–Kier alpha value is -2.34. The van der Waals surface area contributed by atoms with Crippen LogP contribution < -0.4 is 5.32 Å². The van der Waals surface area contributed by atoms with Gasteiger partial charge in [-0.1, -0.05) is 6.42 Å². The highest BCUT2D eigenvalue weighted by Crippen LogP contribution is 2.26. The van der Waals surface area contributed by atoms with Crippen LogP contribution in [-0.4, -0.2) is 57.5 Å². The molecule has 0 spiro atoms. The van der Waals surface area contributed by atoms with Crippen LogP contribution in [0.1, 0.15) is 32.1 Å². The number of carbonyl (C=O) groups excluding carboxylic acids is 1. The highest BCUT2D eigenvalue weighted by molar-refractivity contribution is 7.89. The van der Waals surface area contributed by atoms with Gasteiger partial charge in [-0.25, -0.2) is 21.2 Å². The minimum atomic E-state index is -3.84. The van der Waals surface area contributed by atoms with Crippen LogP contribution in [0.15, 0.2) is 58.3 Å². The number of nitrogens with zero attached hydrogens (tertiary/aromatic N) is 2. The summed E-state index contributed by atoms with van der Waals surface area (Å²) in [5.41, 5.74) is 0.445. The first kappa shape index (κ1) is 24.8. The van der Waals surface area contributed by atoms with Crippen molar-refractivity contribution >= 4 is 31.6 Å². The van der Waals surface area contributed by atoms with E-state index in [0.29, 0.717) is 31.6 Å². The predicted octanol–water partition coefficient (Wildman–Crippen LogP) is 3.04. The molecule has 2 aromatic rings. The van der Waals surface area contributed by atoms with Crippen molar-refractivity contribution in [3.8, 4) is 0 Å². The third-order valence-electron chi connectivity index (χ3n) is 6.28. The largest absolute Gasteiger partial charge is 0.326 e. The fourth-order valence-electron chi connectivity index (χ4n) is 4.34. The van der Waals surface area contributed by atoms with Gasteiger partial charge in [-0.15, -0.1) is 0 Å². The minimum absolute atomic E-state index is 0.0135. The molecule has 184 valence electrons. The second kappa shape index (κ2) is 10.1. The molecule has 2 saturated heterocycles. The second-order valence-electron chi connectivity index (χ2n) is 8.63. The molecule has 1 atom stereocenters. The topological polar surface area (TPSA) is 104 Å². The van der Waals surface area contributed by atoms with Crippen molar-refractivity contribution in [1.29, 1.82) is 0 Å². The molecule has 2 aromatic carbocycles. The number of anilines is 1. The van der Waals surface area contributed by atoms with Gasteiger partial charge >= 0.3 is 0 Å². The number of piperidine rings is 2. The molecule has 0 bridgehead atoms. The monoisotopic (exact) mass is 509 g/mol. The number of halogens is 1. The molecule has 1 unspecified atom stereocenters. The Morgan fingerprint density at radius 2 is 1.29 bits per heavy atom. The van der Waals surface area contributed by atoms with Crippen LogP contribution in [0, 0.1) is 11.7 Å². The number of hydrogen-bond donors (Lipinski definition) is 1. The molecule has 1 N–H and O–H groups in total. The second-order valence-corrected chi connectivity index (χ2v) is 12.5. The first-order chi connectivity index (χ1) is 16.2. The fourth-order valence-corrected chi connectivity index (χ4v) is 7.38. The highest BCUT2D eigenvalue weighted by atomic mass is 32.2. The van der Waals surface area contributed by atoms with Gasteiger partial charge in [-0.2, -0.15) is 8.61 Å². The van der Waals surface area contributed by atoms with E-state index >= 15 is 0 Å². The number of hydrogen-bond acceptors (Lipinski definition) is 5. The summed E-state index contributed by atoms with van der Waals surface area (Å²) in [7, 11) is -7.39. The zero-order chi connectivity index (χ0) is 24.3. The summed E-state index contributed by atoms with van der Waals surface area (Å²) in [5.74, 6) is -1.41. The lowest BCUT2D eigenvalue weighted by Gasteiger charge is -2.31. The quantitative estimate of drug-likeness (QED) is 0.645. The maximum Gasteiger partial charge on any atom is 0.243 e. The van der Waals surface area contributed by atoms with Crippen LogP contribution in [0.5, 0.6) is 0 Å². The lowest BCUT2D eigenvalue weighted by molar-refractivity contribution is -0.120. The number of rotatable bonds is 6. The molecule has 2 fully saturated rings. The summed E-state index contributed by atoms with van der Waals surface area (Å²) in [6.45, 7) is 1.33. The lowest BCUT2D eigenvalue weighted by Crippen LogP contribution is -2.43. The molecular weight excluding hydrogens is 481 g/mol. The van der Waals surface area contributed by atoms with Crippen molar-refractivity contribution in [2.75, 3.05) is 31.5 Å². The molecule has 8 nitrogen and oxygen atoms in total. The number of carbonyl (C=O) groups is 1. The van der Waals surface area contributed by atoms with Gasteiger partial charge in [0, 0.05) is 31.9 Å². The van der Waals surface area contributed by atoms with Gasteiger partial charge in [0.25, 0.3) is 0 Å². The molecule has 0 saturated carbocycles. The molecule has 34 heavy (non-hydrogen) atoms. The van der Waals surface area contributed by atoms with Gasteiger partial charge in [0.2, 0.25) is 26.0 Å². The van der Waals surface area contributed by atoms with E-state index < -0.39 is 31.8 Å². The van der Waals surface area contributed by atoms with Crippen molar-refractivity contribution in [3.63, 3.8) is 0 Å². The Labute approximate surface area is 199 Å². The van der Waals surface area contributed by atoms with Crippen LogP contribution in [0.4, 0.5) is 10.1 Å². The average Bonchev–Trinajstić information content (AvgIpc) is 2.85. The summed E-state index contributed by atoms with van der Waals surface area (Å²) >= 11 is 0. The van der Waals surface area contributed by atoms with Gasteiger partial charge in [-0.3, -0.25) is 4.79 Å². The van der Waals surface area contributed by atoms with Crippen molar-refractivity contribution in [2.24, 2.45) is 5.92 Å². The number of sulfonamides is 2. The van der Waals surface area contributed by atoms with Crippen LogP contribution in [0.2, 0.25) is 0 Å². The molecule has 1 amide bonds. The molecule has 2 heterocycles. The van der Waals surface area contributed by atoms with Crippen LogP contribution in [0.25, 0.3) is 0 Å². The SMILES string of the molecule is O=C(Nc1ccc(S(=O)(=O)N2CCCCC2)cc1)C1CCCN(S(=O)(=O)c2ccc(F)cc2)C1. The van der Waals surface area contributed by atoms with E-state index in [1.54, 1.807) is 12.1 Å². The van der Waals surface area contributed by atoms with E-state index in [9.17, 15) is 26.0 Å². The number of benzene rings is 2. The maximum absolute atomic E-state index is 13.2. The summed E-state index contributed by atoms with van der Waals surface area (Å²) in [6.07, 6.45) is 3.78. The predicted molar refractivity (Wildman–Crippen MR) is 126 cm³/mol. The Morgan fingerprint density at radius 3 is 1.91 bits per heavy atom. The van der Waals surface area contributed by atoms with Crippen LogP contribution in [0.3, 0.4) is 0 Å². The van der Waals surface area contributed by atoms with E-state index in [1.165, 1.54) is 32.9 Å². The van der Waals surface area contributed by atoms with Crippen LogP contribution in [-0.2, 0) is 24.8 Å². The summed E-state index contributed by atoms with van der Waals surface area (Å²) < 4.78 is 67.3. The zero-order valence-electron chi connectivity index (χ0n) is 18.7. The molecule has 11 heteroatoms. The summed E-state index contributed by atoms with van der Waals surface area (Å²) in [4.78, 5) is 13.0. The normalized spacial score (nSPS) is 20.7. The van der Waals surface area contributed by atoms with Gasteiger partial charge < -0.3 is 5.32 Å². The van der Waals surface area contributed by atoms with Crippen molar-refractivity contribution in [2.45, 2.75) is 41.9 Å². The van der Waals surface area contributed by atoms with E-state index in [4.69, 9.17) is 0 Å². The Kier molecular flexibility index (Phi) is 7.36. The average molecular weight is 510 g/mol. The zero-order valence-corrected chi connectivity index (χ0v) is 20.3. The summed E-state index contributed by atoms with van der Waals surface area (Å²) in [5, 5.41) is 2.77. The molecular formula is C23H28FN3O5S2. The van der Waals surface area contributed by atoms with Crippen molar-refractivity contribution in [1.82, 2.24) is 8.61 Å². The Balaban J connectivity index is 1.41. The minimum Gasteiger partial charge on any atom is -0.326 e. The lowest BCUT2D eigenvalue weighted by atomic mass is 9.99. The number of nitrogens with one attached hydrogen (secondary N) is 1. The molecule has 0 aliphatic carbocycles. The smallest absolute Gasteiger partial charge is 0.243 e. The number of amides is 1. The highest BCUT2D eigenvalue weighted by Gasteiger charge is 2.33. The molecule has 4 rings (SSSR count). The Bertz CT molecular complexity index is 1230. The third-order valence-corrected chi connectivity index (χ3v) is 10.1. The van der Waals surface area contributed by atoms with E-state index in [0.717, 1.165) is 31.4 Å².